The second-order valence-electron chi connectivity index (χ2n) is 7.03. The summed E-state index contributed by atoms with van der Waals surface area (Å²) in [7, 11) is -2.28. The van der Waals surface area contributed by atoms with E-state index < -0.39 is 15.9 Å². The number of sulfonamides is 1. The Balaban J connectivity index is 2.13. The first kappa shape index (κ1) is 21.7. The average Bonchev–Trinajstić information content (AvgIpc) is 2.65. The van der Waals surface area contributed by atoms with E-state index in [2.05, 4.69) is 10.9 Å². The molecule has 1 aliphatic rings. The third kappa shape index (κ3) is 5.21. The number of halogens is 1. The fraction of sp³-hybridized carbons (Fsp3) is 0.556. The Morgan fingerprint density at radius 1 is 1.15 bits per heavy atom. The number of nitrogens with zero attached hydrogens (tertiary/aromatic N) is 1. The van der Waals surface area contributed by atoms with E-state index in [1.165, 1.54) is 29.6 Å². The zero-order chi connectivity index (χ0) is 20.2. The summed E-state index contributed by atoms with van der Waals surface area (Å²) in [6, 6.07) is 3.70. The van der Waals surface area contributed by atoms with Crippen LogP contribution < -0.4 is 10.9 Å². The van der Waals surface area contributed by atoms with Crippen LogP contribution in [0.5, 0.6) is 0 Å². The van der Waals surface area contributed by atoms with Gasteiger partial charge in [0.05, 0.1) is 15.5 Å². The second kappa shape index (κ2) is 9.03. The van der Waals surface area contributed by atoms with Crippen molar-refractivity contribution in [3.05, 3.63) is 28.8 Å². The van der Waals surface area contributed by atoms with Crippen molar-refractivity contribution in [2.75, 3.05) is 7.05 Å². The third-order valence-electron chi connectivity index (χ3n) is 4.86. The van der Waals surface area contributed by atoms with Crippen LogP contribution in [0.25, 0.3) is 0 Å². The molecule has 1 saturated carbocycles. The van der Waals surface area contributed by atoms with Gasteiger partial charge in [0.25, 0.3) is 5.91 Å². The van der Waals surface area contributed by atoms with E-state index in [9.17, 15) is 18.0 Å². The Bertz CT molecular complexity index is 805. The zero-order valence-corrected chi connectivity index (χ0v) is 17.4. The Hall–Kier alpha value is -1.64. The first-order chi connectivity index (χ1) is 12.6. The van der Waals surface area contributed by atoms with Gasteiger partial charge in [-0.3, -0.25) is 20.4 Å². The molecule has 1 fully saturated rings. The number of rotatable bonds is 5. The average molecular weight is 416 g/mol. The van der Waals surface area contributed by atoms with Gasteiger partial charge in [0.2, 0.25) is 15.9 Å². The molecule has 0 heterocycles. The molecule has 7 nitrogen and oxygen atoms in total. The summed E-state index contributed by atoms with van der Waals surface area (Å²) in [6.07, 6.45) is 4.73. The largest absolute Gasteiger partial charge is 0.273 e. The van der Waals surface area contributed by atoms with Gasteiger partial charge < -0.3 is 0 Å². The van der Waals surface area contributed by atoms with E-state index in [-0.39, 0.29) is 33.3 Å². The van der Waals surface area contributed by atoms with Gasteiger partial charge in [-0.1, -0.05) is 30.9 Å². The van der Waals surface area contributed by atoms with Gasteiger partial charge in [-0.25, -0.2) is 8.42 Å². The lowest BCUT2D eigenvalue weighted by Gasteiger charge is -2.22. The summed E-state index contributed by atoms with van der Waals surface area (Å²) in [5.74, 6) is -1.00. The van der Waals surface area contributed by atoms with Crippen LogP contribution in [0.4, 0.5) is 0 Å². The fourth-order valence-electron chi connectivity index (χ4n) is 2.94. The molecular weight excluding hydrogens is 390 g/mol. The molecule has 0 atom stereocenters. The molecule has 0 radical (unpaired) electrons. The lowest BCUT2D eigenvalue weighted by Crippen LogP contribution is -2.45. The topological polar surface area (TPSA) is 95.6 Å². The maximum absolute atomic E-state index is 12.6. The predicted molar refractivity (Wildman–Crippen MR) is 104 cm³/mol. The maximum Gasteiger partial charge on any atom is 0.271 e. The van der Waals surface area contributed by atoms with Crippen LogP contribution in [0.3, 0.4) is 0 Å². The summed E-state index contributed by atoms with van der Waals surface area (Å²) in [4.78, 5) is 24.5. The van der Waals surface area contributed by atoms with Crippen molar-refractivity contribution >= 4 is 33.4 Å². The van der Waals surface area contributed by atoms with Crippen LogP contribution in [0.1, 0.15) is 56.3 Å². The van der Waals surface area contributed by atoms with Crippen LogP contribution in [0.2, 0.25) is 5.02 Å². The molecule has 1 aromatic carbocycles. The number of carbonyl (C=O) groups excluding carboxylic acids is 2. The highest BCUT2D eigenvalue weighted by Crippen LogP contribution is 2.24. The number of benzene rings is 1. The van der Waals surface area contributed by atoms with Crippen molar-refractivity contribution < 1.29 is 18.0 Å². The van der Waals surface area contributed by atoms with Crippen LogP contribution in [-0.4, -0.2) is 37.6 Å². The van der Waals surface area contributed by atoms with Crippen LogP contribution >= 0.6 is 11.6 Å². The Morgan fingerprint density at radius 2 is 1.78 bits per heavy atom. The lowest BCUT2D eigenvalue weighted by atomic mass is 9.89. The van der Waals surface area contributed by atoms with Crippen molar-refractivity contribution in [3.63, 3.8) is 0 Å². The van der Waals surface area contributed by atoms with Crippen LogP contribution in [0.15, 0.2) is 23.1 Å². The van der Waals surface area contributed by atoms with Gasteiger partial charge in [-0.2, -0.15) is 4.31 Å². The van der Waals surface area contributed by atoms with Crippen LogP contribution in [0, 0.1) is 5.92 Å². The van der Waals surface area contributed by atoms with Crippen molar-refractivity contribution in [1.82, 2.24) is 15.2 Å². The molecule has 0 unspecified atom stereocenters. The molecule has 2 rings (SSSR count). The lowest BCUT2D eigenvalue weighted by molar-refractivity contribution is -0.126. The molecule has 0 bridgehead atoms. The van der Waals surface area contributed by atoms with E-state index in [1.807, 2.05) is 0 Å². The molecule has 0 aliphatic heterocycles. The Kier molecular flexibility index (Phi) is 7.25. The molecule has 1 aliphatic carbocycles. The molecule has 0 spiro atoms. The monoisotopic (exact) mass is 415 g/mol. The highest BCUT2D eigenvalue weighted by Gasteiger charge is 2.26. The standard InChI is InChI=1S/C18H26ClN3O4S/c1-12(2)22(3)27(25,26)14-9-10-16(19)15(11-14)18(24)21-20-17(23)13-7-5-4-6-8-13/h9-13H,4-8H2,1-3H3,(H,20,23)(H,21,24). The highest BCUT2D eigenvalue weighted by molar-refractivity contribution is 7.89. The molecule has 27 heavy (non-hydrogen) atoms. The van der Waals surface area contributed by atoms with Crippen molar-refractivity contribution in [3.8, 4) is 0 Å². The molecule has 1 aromatic rings. The van der Waals surface area contributed by atoms with Gasteiger partial charge >= 0.3 is 0 Å². The summed E-state index contributed by atoms with van der Waals surface area (Å²) in [5.41, 5.74) is 4.74. The van der Waals surface area contributed by atoms with Crippen molar-refractivity contribution in [2.24, 2.45) is 5.92 Å². The minimum absolute atomic E-state index is 0.0150. The van der Waals surface area contributed by atoms with Crippen LogP contribution in [-0.2, 0) is 14.8 Å². The number of hydrogen-bond acceptors (Lipinski definition) is 4. The summed E-state index contributed by atoms with van der Waals surface area (Å²) in [6.45, 7) is 3.50. The highest BCUT2D eigenvalue weighted by atomic mass is 35.5. The zero-order valence-electron chi connectivity index (χ0n) is 15.8. The summed E-state index contributed by atoms with van der Waals surface area (Å²) in [5, 5.41) is 0.102. The minimum Gasteiger partial charge on any atom is -0.273 e. The molecule has 0 saturated heterocycles. The number of hydrogen-bond donors (Lipinski definition) is 2. The maximum atomic E-state index is 12.6. The number of amides is 2. The molecule has 2 amide bonds. The fourth-order valence-corrected chi connectivity index (χ4v) is 4.53. The van der Waals surface area contributed by atoms with E-state index in [0.29, 0.717) is 0 Å². The predicted octanol–water partition coefficient (Wildman–Crippen LogP) is 2.71. The van der Waals surface area contributed by atoms with E-state index in [0.717, 1.165) is 32.1 Å². The summed E-state index contributed by atoms with van der Waals surface area (Å²) >= 11 is 6.07. The van der Waals surface area contributed by atoms with Crippen molar-refractivity contribution in [1.29, 1.82) is 0 Å². The first-order valence-corrected chi connectivity index (χ1v) is 10.8. The van der Waals surface area contributed by atoms with E-state index >= 15 is 0 Å². The molecular formula is C18H26ClN3O4S. The quantitative estimate of drug-likeness (QED) is 0.722. The smallest absolute Gasteiger partial charge is 0.271 e. The number of hydrazine groups is 1. The van der Waals surface area contributed by atoms with Crippen molar-refractivity contribution in [2.45, 2.75) is 56.9 Å². The van der Waals surface area contributed by atoms with Gasteiger partial charge in [-0.15, -0.1) is 0 Å². The third-order valence-corrected chi connectivity index (χ3v) is 7.22. The van der Waals surface area contributed by atoms with Gasteiger partial charge in [0, 0.05) is 19.0 Å². The normalized spacial score (nSPS) is 15.8. The molecule has 150 valence electrons. The minimum atomic E-state index is -3.75. The SMILES string of the molecule is CC(C)N(C)S(=O)(=O)c1ccc(Cl)c(C(=O)NNC(=O)C2CCCCC2)c1. The molecule has 9 heteroatoms. The molecule has 2 N–H and O–H groups in total. The summed E-state index contributed by atoms with van der Waals surface area (Å²) < 4.78 is 26.4. The Morgan fingerprint density at radius 3 is 2.37 bits per heavy atom. The van der Waals surface area contributed by atoms with Gasteiger partial charge in [-0.05, 0) is 44.9 Å². The van der Waals surface area contributed by atoms with Gasteiger partial charge in [0.1, 0.15) is 0 Å². The molecule has 0 aromatic heterocycles. The second-order valence-corrected chi connectivity index (χ2v) is 9.44. The number of nitrogens with one attached hydrogen (secondary N) is 2. The number of carbonyl (C=O) groups is 2. The Labute approximate surface area is 165 Å². The first-order valence-electron chi connectivity index (χ1n) is 9.02. The van der Waals surface area contributed by atoms with E-state index in [1.54, 1.807) is 13.8 Å². The van der Waals surface area contributed by atoms with Gasteiger partial charge in [0.15, 0.2) is 0 Å². The van der Waals surface area contributed by atoms with E-state index in [4.69, 9.17) is 11.6 Å².